The number of hydrogen-bond donors (Lipinski definition) is 1. The summed E-state index contributed by atoms with van der Waals surface area (Å²) in [6.45, 7) is 3.66. The summed E-state index contributed by atoms with van der Waals surface area (Å²) in [5, 5.41) is 9.91. The van der Waals surface area contributed by atoms with Crippen LogP contribution >= 0.6 is 0 Å². The standard InChI is InChI=1S/C13H16O/c1-2-5-13(14)12-7-4-3-6-11(12)10-8-9-10/h2-4,6-7,10,13-14H,1,5,8-9H2. The van der Waals surface area contributed by atoms with Crippen molar-refractivity contribution in [3.63, 3.8) is 0 Å². The van der Waals surface area contributed by atoms with Crippen LogP contribution in [0.1, 0.15) is 42.4 Å². The topological polar surface area (TPSA) is 20.2 Å². The number of aliphatic hydroxyl groups excluding tert-OH is 1. The maximum Gasteiger partial charge on any atom is 0.0827 e. The van der Waals surface area contributed by atoms with Crippen LogP contribution in [-0.4, -0.2) is 5.11 Å². The average Bonchev–Trinajstić information content (AvgIpc) is 3.01. The molecular formula is C13H16O. The third kappa shape index (κ3) is 1.88. The first kappa shape index (κ1) is 9.47. The first-order chi connectivity index (χ1) is 6.83. The Bertz CT molecular complexity index is 326. The van der Waals surface area contributed by atoms with E-state index in [1.807, 2.05) is 12.1 Å². The normalized spacial score (nSPS) is 17.8. The van der Waals surface area contributed by atoms with Crippen molar-refractivity contribution < 1.29 is 5.11 Å². The second kappa shape index (κ2) is 3.97. The fraction of sp³-hybridized carbons (Fsp3) is 0.385. The van der Waals surface area contributed by atoms with Gasteiger partial charge in [-0.3, -0.25) is 0 Å². The lowest BCUT2D eigenvalue weighted by Crippen LogP contribution is -1.99. The zero-order chi connectivity index (χ0) is 9.97. The quantitative estimate of drug-likeness (QED) is 0.719. The third-order valence-corrected chi connectivity index (χ3v) is 2.76. The summed E-state index contributed by atoms with van der Waals surface area (Å²) in [5.41, 5.74) is 2.43. The lowest BCUT2D eigenvalue weighted by atomic mass is 9.97. The molecule has 1 fully saturated rings. The minimum atomic E-state index is -0.371. The fourth-order valence-electron chi connectivity index (χ4n) is 1.87. The van der Waals surface area contributed by atoms with Gasteiger partial charge in [0.1, 0.15) is 0 Å². The van der Waals surface area contributed by atoms with E-state index in [1.54, 1.807) is 6.08 Å². The molecule has 1 saturated carbocycles. The molecule has 1 atom stereocenters. The molecule has 0 saturated heterocycles. The highest BCUT2D eigenvalue weighted by atomic mass is 16.3. The Kier molecular flexibility index (Phi) is 2.69. The van der Waals surface area contributed by atoms with Gasteiger partial charge in [-0.2, -0.15) is 0 Å². The highest BCUT2D eigenvalue weighted by Gasteiger charge is 2.27. The molecule has 0 spiro atoms. The predicted molar refractivity (Wildman–Crippen MR) is 58.2 cm³/mol. The van der Waals surface area contributed by atoms with E-state index in [0.717, 1.165) is 5.56 Å². The van der Waals surface area contributed by atoms with E-state index in [-0.39, 0.29) is 6.10 Å². The molecular weight excluding hydrogens is 172 g/mol. The van der Waals surface area contributed by atoms with Crippen molar-refractivity contribution >= 4 is 0 Å². The zero-order valence-electron chi connectivity index (χ0n) is 8.32. The van der Waals surface area contributed by atoms with Crippen molar-refractivity contribution in [2.24, 2.45) is 0 Å². The molecule has 1 nitrogen and oxygen atoms in total. The van der Waals surface area contributed by atoms with Crippen LogP contribution < -0.4 is 0 Å². The second-order valence-electron chi connectivity index (χ2n) is 3.94. The molecule has 0 radical (unpaired) electrons. The molecule has 2 rings (SSSR count). The Morgan fingerprint density at radius 3 is 2.79 bits per heavy atom. The SMILES string of the molecule is C=CCC(O)c1ccccc1C1CC1. The van der Waals surface area contributed by atoms with Crippen LogP contribution in [0.25, 0.3) is 0 Å². The highest BCUT2D eigenvalue weighted by molar-refractivity contribution is 5.34. The summed E-state index contributed by atoms with van der Waals surface area (Å²) in [5.74, 6) is 0.700. The van der Waals surface area contributed by atoms with Gasteiger partial charge in [0.15, 0.2) is 0 Å². The number of rotatable bonds is 4. The Morgan fingerprint density at radius 2 is 2.14 bits per heavy atom. The molecule has 0 aromatic heterocycles. The second-order valence-corrected chi connectivity index (χ2v) is 3.94. The van der Waals surface area contributed by atoms with Crippen LogP contribution in [0.2, 0.25) is 0 Å². The van der Waals surface area contributed by atoms with Crippen molar-refractivity contribution in [1.29, 1.82) is 0 Å². The monoisotopic (exact) mass is 188 g/mol. The molecule has 1 aromatic rings. The van der Waals surface area contributed by atoms with Crippen LogP contribution in [0.4, 0.5) is 0 Å². The van der Waals surface area contributed by atoms with Crippen LogP contribution in [0, 0.1) is 0 Å². The van der Waals surface area contributed by atoms with Gasteiger partial charge in [0.25, 0.3) is 0 Å². The van der Waals surface area contributed by atoms with E-state index < -0.39 is 0 Å². The molecule has 1 aliphatic carbocycles. The van der Waals surface area contributed by atoms with Gasteiger partial charge in [-0.05, 0) is 36.3 Å². The summed E-state index contributed by atoms with van der Waals surface area (Å²) >= 11 is 0. The maximum atomic E-state index is 9.91. The summed E-state index contributed by atoms with van der Waals surface area (Å²) < 4.78 is 0. The van der Waals surface area contributed by atoms with Gasteiger partial charge in [0.05, 0.1) is 6.10 Å². The first-order valence-corrected chi connectivity index (χ1v) is 5.20. The van der Waals surface area contributed by atoms with Gasteiger partial charge >= 0.3 is 0 Å². The Labute approximate surface area is 85.1 Å². The molecule has 1 aliphatic rings. The third-order valence-electron chi connectivity index (χ3n) is 2.76. The zero-order valence-corrected chi connectivity index (χ0v) is 8.32. The van der Waals surface area contributed by atoms with Crippen molar-refractivity contribution in [1.82, 2.24) is 0 Å². The van der Waals surface area contributed by atoms with E-state index in [4.69, 9.17) is 0 Å². The van der Waals surface area contributed by atoms with E-state index in [0.29, 0.717) is 12.3 Å². The molecule has 1 unspecified atom stereocenters. The first-order valence-electron chi connectivity index (χ1n) is 5.20. The van der Waals surface area contributed by atoms with Crippen LogP contribution in [0.15, 0.2) is 36.9 Å². The number of aliphatic hydroxyl groups is 1. The van der Waals surface area contributed by atoms with Crippen molar-refractivity contribution in [3.05, 3.63) is 48.0 Å². The van der Waals surface area contributed by atoms with Crippen LogP contribution in [0.3, 0.4) is 0 Å². The van der Waals surface area contributed by atoms with Crippen LogP contribution in [-0.2, 0) is 0 Å². The largest absolute Gasteiger partial charge is 0.388 e. The number of hydrogen-bond acceptors (Lipinski definition) is 1. The molecule has 1 N–H and O–H groups in total. The predicted octanol–water partition coefficient (Wildman–Crippen LogP) is 3.17. The number of benzene rings is 1. The summed E-state index contributed by atoms with van der Waals surface area (Å²) in [7, 11) is 0. The molecule has 14 heavy (non-hydrogen) atoms. The Hall–Kier alpha value is -1.08. The fourth-order valence-corrected chi connectivity index (χ4v) is 1.87. The highest BCUT2D eigenvalue weighted by Crippen LogP contribution is 2.43. The summed E-state index contributed by atoms with van der Waals surface area (Å²) in [6, 6.07) is 8.21. The maximum absolute atomic E-state index is 9.91. The van der Waals surface area contributed by atoms with Crippen molar-refractivity contribution in [3.8, 4) is 0 Å². The molecule has 0 heterocycles. The van der Waals surface area contributed by atoms with Crippen molar-refractivity contribution in [2.45, 2.75) is 31.3 Å². The lowest BCUT2D eigenvalue weighted by Gasteiger charge is -2.13. The van der Waals surface area contributed by atoms with E-state index in [2.05, 4.69) is 18.7 Å². The van der Waals surface area contributed by atoms with E-state index in [1.165, 1.54) is 18.4 Å². The Morgan fingerprint density at radius 1 is 1.43 bits per heavy atom. The lowest BCUT2D eigenvalue weighted by molar-refractivity contribution is 0.180. The summed E-state index contributed by atoms with van der Waals surface area (Å²) in [6.07, 6.45) is 4.59. The minimum Gasteiger partial charge on any atom is -0.388 e. The minimum absolute atomic E-state index is 0.371. The van der Waals surface area contributed by atoms with E-state index >= 15 is 0 Å². The smallest absolute Gasteiger partial charge is 0.0827 e. The van der Waals surface area contributed by atoms with Gasteiger partial charge in [-0.1, -0.05) is 30.3 Å². The van der Waals surface area contributed by atoms with Gasteiger partial charge in [-0.25, -0.2) is 0 Å². The average molecular weight is 188 g/mol. The summed E-state index contributed by atoms with van der Waals surface area (Å²) in [4.78, 5) is 0. The molecule has 0 bridgehead atoms. The van der Waals surface area contributed by atoms with Gasteiger partial charge in [0.2, 0.25) is 0 Å². The van der Waals surface area contributed by atoms with Crippen LogP contribution in [0.5, 0.6) is 0 Å². The van der Waals surface area contributed by atoms with Gasteiger partial charge < -0.3 is 5.11 Å². The molecule has 1 heteroatoms. The Balaban J connectivity index is 2.25. The van der Waals surface area contributed by atoms with Crippen molar-refractivity contribution in [2.75, 3.05) is 0 Å². The van der Waals surface area contributed by atoms with Gasteiger partial charge in [-0.15, -0.1) is 6.58 Å². The van der Waals surface area contributed by atoms with Gasteiger partial charge in [0, 0.05) is 0 Å². The van der Waals surface area contributed by atoms with E-state index in [9.17, 15) is 5.11 Å². The molecule has 74 valence electrons. The molecule has 0 amide bonds. The molecule has 1 aromatic carbocycles. The molecule has 0 aliphatic heterocycles.